The monoisotopic (exact) mass is 371 g/mol. The zero-order chi connectivity index (χ0) is 18.1. The van der Waals surface area contributed by atoms with Gasteiger partial charge in [0.25, 0.3) is 0 Å². The van der Waals surface area contributed by atoms with Gasteiger partial charge in [0.05, 0.1) is 19.2 Å². The number of aliphatic hydroxyl groups excluding tert-OH is 1. The molecular formula is C19H18ClN3O3. The molecule has 0 saturated carbocycles. The third-order valence-electron chi connectivity index (χ3n) is 4.45. The SMILES string of the molecule is COc1cc2c(N3CCc4ccc(Cl)cc43)ncnc2cc1OCCO. The minimum atomic E-state index is -0.0679. The smallest absolute Gasteiger partial charge is 0.163 e. The Kier molecular flexibility index (Phi) is 4.53. The van der Waals surface area contributed by atoms with Crippen LogP contribution in [0.25, 0.3) is 10.9 Å². The van der Waals surface area contributed by atoms with Crippen LogP contribution >= 0.6 is 11.6 Å². The van der Waals surface area contributed by atoms with Crippen LogP contribution in [0.4, 0.5) is 11.5 Å². The molecule has 1 N–H and O–H groups in total. The molecule has 6 nitrogen and oxygen atoms in total. The van der Waals surface area contributed by atoms with E-state index in [1.807, 2.05) is 24.3 Å². The normalized spacial score (nSPS) is 13.1. The first-order valence-electron chi connectivity index (χ1n) is 8.33. The van der Waals surface area contributed by atoms with Crippen LogP contribution in [0.5, 0.6) is 11.5 Å². The number of fused-ring (bicyclic) bond motifs is 2. The van der Waals surface area contributed by atoms with Crippen LogP contribution in [-0.2, 0) is 6.42 Å². The second-order valence-corrected chi connectivity index (χ2v) is 6.40. The third-order valence-corrected chi connectivity index (χ3v) is 4.68. The standard InChI is InChI=1S/C19H18ClN3O3/c1-25-17-9-14-15(10-18(17)26-7-6-24)21-11-22-19(14)23-5-4-12-2-3-13(20)8-16(12)23/h2-3,8-11,24H,4-7H2,1H3. The lowest BCUT2D eigenvalue weighted by Crippen LogP contribution is -2.15. The van der Waals surface area contributed by atoms with E-state index in [-0.39, 0.29) is 13.2 Å². The Labute approximate surface area is 156 Å². The predicted molar refractivity (Wildman–Crippen MR) is 101 cm³/mol. The summed E-state index contributed by atoms with van der Waals surface area (Å²) in [4.78, 5) is 11.0. The van der Waals surface area contributed by atoms with Gasteiger partial charge in [0.2, 0.25) is 0 Å². The first-order chi connectivity index (χ1) is 12.7. The van der Waals surface area contributed by atoms with Gasteiger partial charge in [0.1, 0.15) is 18.8 Å². The maximum absolute atomic E-state index is 9.00. The summed E-state index contributed by atoms with van der Waals surface area (Å²) in [5.41, 5.74) is 3.06. The first-order valence-corrected chi connectivity index (χ1v) is 8.71. The third kappa shape index (κ3) is 2.91. The minimum Gasteiger partial charge on any atom is -0.493 e. The van der Waals surface area contributed by atoms with Gasteiger partial charge in [-0.2, -0.15) is 0 Å². The van der Waals surface area contributed by atoms with Crippen molar-refractivity contribution in [3.8, 4) is 11.5 Å². The number of nitrogens with zero attached hydrogens (tertiary/aromatic N) is 3. The average Bonchev–Trinajstić information content (AvgIpc) is 3.07. The van der Waals surface area contributed by atoms with Crippen molar-refractivity contribution in [3.63, 3.8) is 0 Å². The highest BCUT2D eigenvalue weighted by molar-refractivity contribution is 6.31. The highest BCUT2D eigenvalue weighted by Gasteiger charge is 2.24. The zero-order valence-electron chi connectivity index (χ0n) is 14.3. The maximum Gasteiger partial charge on any atom is 0.163 e. The van der Waals surface area contributed by atoms with Gasteiger partial charge < -0.3 is 19.5 Å². The molecule has 0 saturated heterocycles. The van der Waals surface area contributed by atoms with E-state index in [0.717, 1.165) is 35.4 Å². The Bertz CT molecular complexity index is 964. The van der Waals surface area contributed by atoms with E-state index in [1.165, 1.54) is 5.56 Å². The Balaban J connectivity index is 1.83. The number of rotatable bonds is 5. The Morgan fingerprint density at radius 3 is 2.88 bits per heavy atom. The molecule has 0 radical (unpaired) electrons. The summed E-state index contributed by atoms with van der Waals surface area (Å²) in [5, 5.41) is 10.6. The first kappa shape index (κ1) is 16.9. The molecule has 7 heteroatoms. The van der Waals surface area contributed by atoms with E-state index in [1.54, 1.807) is 13.4 Å². The number of hydrogen-bond donors (Lipinski definition) is 1. The van der Waals surface area contributed by atoms with Crippen LogP contribution in [0.1, 0.15) is 5.56 Å². The zero-order valence-corrected chi connectivity index (χ0v) is 15.0. The number of aliphatic hydroxyl groups is 1. The van der Waals surface area contributed by atoms with Crippen molar-refractivity contribution in [1.82, 2.24) is 9.97 Å². The van der Waals surface area contributed by atoms with Crippen molar-refractivity contribution < 1.29 is 14.6 Å². The van der Waals surface area contributed by atoms with Gasteiger partial charge in [-0.15, -0.1) is 0 Å². The molecule has 3 aromatic rings. The number of ether oxygens (including phenoxy) is 2. The van der Waals surface area contributed by atoms with Gasteiger partial charge in [0, 0.05) is 28.7 Å². The molecular weight excluding hydrogens is 354 g/mol. The second kappa shape index (κ2) is 6.97. The highest BCUT2D eigenvalue weighted by Crippen LogP contribution is 2.40. The van der Waals surface area contributed by atoms with E-state index in [9.17, 15) is 0 Å². The summed E-state index contributed by atoms with van der Waals surface area (Å²) in [7, 11) is 1.58. The summed E-state index contributed by atoms with van der Waals surface area (Å²) in [6.45, 7) is 0.951. The van der Waals surface area contributed by atoms with Gasteiger partial charge in [-0.1, -0.05) is 17.7 Å². The number of methoxy groups -OCH3 is 1. The predicted octanol–water partition coefficient (Wildman–Crippen LogP) is 3.36. The van der Waals surface area contributed by atoms with Crippen molar-refractivity contribution in [2.24, 2.45) is 0 Å². The molecule has 0 fully saturated rings. The van der Waals surface area contributed by atoms with E-state index in [0.29, 0.717) is 16.5 Å². The topological polar surface area (TPSA) is 67.7 Å². The lowest BCUT2D eigenvalue weighted by molar-refractivity contribution is 0.196. The summed E-state index contributed by atoms with van der Waals surface area (Å²) in [5.74, 6) is 1.93. The summed E-state index contributed by atoms with van der Waals surface area (Å²) >= 11 is 6.19. The van der Waals surface area contributed by atoms with Crippen molar-refractivity contribution in [2.45, 2.75) is 6.42 Å². The second-order valence-electron chi connectivity index (χ2n) is 5.96. The van der Waals surface area contributed by atoms with Crippen LogP contribution in [0.2, 0.25) is 5.02 Å². The van der Waals surface area contributed by atoms with Crippen molar-refractivity contribution in [2.75, 3.05) is 31.8 Å². The number of halogens is 1. The molecule has 0 spiro atoms. The molecule has 1 aliphatic heterocycles. The molecule has 0 unspecified atom stereocenters. The molecule has 1 aliphatic rings. The molecule has 2 heterocycles. The largest absolute Gasteiger partial charge is 0.493 e. The lowest BCUT2D eigenvalue weighted by atomic mass is 10.1. The molecule has 0 amide bonds. The Morgan fingerprint density at radius 1 is 1.19 bits per heavy atom. The van der Waals surface area contributed by atoms with Crippen LogP contribution in [-0.4, -0.2) is 41.9 Å². The van der Waals surface area contributed by atoms with Gasteiger partial charge in [-0.05, 0) is 30.2 Å². The summed E-state index contributed by atoms with van der Waals surface area (Å²) < 4.78 is 11.0. The molecule has 0 aliphatic carbocycles. The fraction of sp³-hybridized carbons (Fsp3) is 0.263. The maximum atomic E-state index is 9.00. The number of aromatic nitrogens is 2. The molecule has 2 aromatic carbocycles. The van der Waals surface area contributed by atoms with E-state index < -0.39 is 0 Å². The van der Waals surface area contributed by atoms with Gasteiger partial charge in [-0.3, -0.25) is 0 Å². The van der Waals surface area contributed by atoms with E-state index in [4.69, 9.17) is 26.2 Å². The van der Waals surface area contributed by atoms with Gasteiger partial charge in [0.15, 0.2) is 11.5 Å². The molecule has 1 aromatic heterocycles. The van der Waals surface area contributed by atoms with E-state index >= 15 is 0 Å². The van der Waals surface area contributed by atoms with Gasteiger partial charge in [-0.25, -0.2) is 9.97 Å². The molecule has 134 valence electrons. The van der Waals surface area contributed by atoms with Crippen molar-refractivity contribution in [3.05, 3.63) is 47.2 Å². The average molecular weight is 372 g/mol. The summed E-state index contributed by atoms with van der Waals surface area (Å²) in [6, 6.07) is 9.62. The van der Waals surface area contributed by atoms with Crippen LogP contribution in [0.3, 0.4) is 0 Å². The number of anilines is 2. The molecule has 26 heavy (non-hydrogen) atoms. The van der Waals surface area contributed by atoms with Crippen molar-refractivity contribution >= 4 is 34.0 Å². The molecule has 0 atom stereocenters. The summed E-state index contributed by atoms with van der Waals surface area (Å²) in [6.07, 6.45) is 2.48. The molecule has 4 rings (SSSR count). The highest BCUT2D eigenvalue weighted by atomic mass is 35.5. The van der Waals surface area contributed by atoms with Crippen LogP contribution < -0.4 is 14.4 Å². The van der Waals surface area contributed by atoms with E-state index in [2.05, 4.69) is 20.9 Å². The fourth-order valence-corrected chi connectivity index (χ4v) is 3.43. The van der Waals surface area contributed by atoms with Crippen LogP contribution in [0.15, 0.2) is 36.7 Å². The quantitative estimate of drug-likeness (QED) is 0.741. The van der Waals surface area contributed by atoms with Crippen LogP contribution in [0, 0.1) is 0 Å². The number of hydrogen-bond acceptors (Lipinski definition) is 6. The fourth-order valence-electron chi connectivity index (χ4n) is 3.27. The van der Waals surface area contributed by atoms with Gasteiger partial charge >= 0.3 is 0 Å². The molecule has 0 bridgehead atoms. The number of benzene rings is 2. The Morgan fingerprint density at radius 2 is 2.08 bits per heavy atom. The minimum absolute atomic E-state index is 0.0679. The Hall–Kier alpha value is -2.57. The lowest BCUT2D eigenvalue weighted by Gasteiger charge is -2.21. The van der Waals surface area contributed by atoms with Crippen molar-refractivity contribution in [1.29, 1.82) is 0 Å².